The summed E-state index contributed by atoms with van der Waals surface area (Å²) in [6, 6.07) is 1.53. The second-order valence-corrected chi connectivity index (χ2v) is 2.83. The summed E-state index contributed by atoms with van der Waals surface area (Å²) < 4.78 is 9.14. The van der Waals surface area contributed by atoms with Crippen molar-refractivity contribution in [2.24, 2.45) is 0 Å². The number of anilines is 1. The maximum absolute atomic E-state index is 11.2. The molecule has 0 radical (unpaired) electrons. The fourth-order valence-electron chi connectivity index (χ4n) is 0.935. The average molecular weight is 224 g/mol. The quantitative estimate of drug-likeness (QED) is 0.788. The Morgan fingerprint density at radius 2 is 2.25 bits per heavy atom. The topological polar surface area (TPSA) is 77.5 Å². The van der Waals surface area contributed by atoms with E-state index in [-0.39, 0.29) is 11.7 Å². The number of hydrogen-bond acceptors (Lipinski definition) is 5. The molecule has 16 heavy (non-hydrogen) atoms. The van der Waals surface area contributed by atoms with Crippen LogP contribution in [0.3, 0.4) is 0 Å². The minimum atomic E-state index is -0.861. The Balaban J connectivity index is 2.83. The van der Waals surface area contributed by atoms with E-state index in [1.54, 1.807) is 6.92 Å². The van der Waals surface area contributed by atoms with Gasteiger partial charge in [0.2, 0.25) is 5.91 Å². The predicted molar refractivity (Wildman–Crippen MR) is 56.2 cm³/mol. The number of aromatic nitrogens is 1. The summed E-state index contributed by atoms with van der Waals surface area (Å²) >= 11 is 0. The van der Waals surface area contributed by atoms with Crippen LogP contribution in [0.4, 0.5) is 10.5 Å². The van der Waals surface area contributed by atoms with Crippen LogP contribution >= 0.6 is 0 Å². The highest BCUT2D eigenvalue weighted by molar-refractivity contribution is 5.92. The van der Waals surface area contributed by atoms with Crippen molar-refractivity contribution in [3.05, 3.63) is 18.5 Å². The zero-order valence-corrected chi connectivity index (χ0v) is 9.02. The number of amides is 1. The highest BCUT2D eigenvalue weighted by atomic mass is 16.7. The van der Waals surface area contributed by atoms with Crippen molar-refractivity contribution in [3.63, 3.8) is 0 Å². The molecule has 0 spiro atoms. The monoisotopic (exact) mass is 224 g/mol. The molecule has 0 fully saturated rings. The number of ether oxygens (including phenoxy) is 2. The maximum atomic E-state index is 11.2. The van der Waals surface area contributed by atoms with Gasteiger partial charge >= 0.3 is 6.16 Å². The van der Waals surface area contributed by atoms with E-state index < -0.39 is 6.16 Å². The first-order valence-corrected chi connectivity index (χ1v) is 4.67. The Hall–Kier alpha value is -2.11. The van der Waals surface area contributed by atoms with Gasteiger partial charge in [-0.15, -0.1) is 0 Å². The molecule has 0 aliphatic rings. The van der Waals surface area contributed by atoms with E-state index in [1.807, 2.05) is 0 Å². The van der Waals surface area contributed by atoms with E-state index in [0.29, 0.717) is 12.1 Å². The molecule has 0 bridgehead atoms. The lowest BCUT2D eigenvalue weighted by molar-refractivity contribution is -0.115. The average Bonchev–Trinajstić information content (AvgIpc) is 2.31. The smallest absolute Gasteiger partial charge is 0.437 e. The largest absolute Gasteiger partial charge is 0.513 e. The minimum Gasteiger partial charge on any atom is -0.437 e. The number of nitrogens with zero attached hydrogens (tertiary/aromatic N) is 1. The molecule has 0 aliphatic carbocycles. The van der Waals surface area contributed by atoms with Gasteiger partial charge in [0.15, 0.2) is 5.75 Å². The van der Waals surface area contributed by atoms with Gasteiger partial charge in [0.05, 0.1) is 19.0 Å². The van der Waals surface area contributed by atoms with Gasteiger partial charge in [-0.05, 0) is 6.07 Å². The van der Waals surface area contributed by atoms with Crippen LogP contribution in [-0.2, 0) is 9.53 Å². The molecule has 1 rings (SSSR count). The van der Waals surface area contributed by atoms with E-state index >= 15 is 0 Å². The second kappa shape index (κ2) is 5.69. The Morgan fingerprint density at radius 1 is 1.50 bits per heavy atom. The lowest BCUT2D eigenvalue weighted by Gasteiger charge is -2.08. The van der Waals surface area contributed by atoms with E-state index in [1.165, 1.54) is 25.6 Å². The summed E-state index contributed by atoms with van der Waals surface area (Å²) in [5.74, 6) is -0.0305. The first-order chi connectivity index (χ1) is 7.67. The minimum absolute atomic E-state index is 0.149. The SMILES string of the molecule is CCC(=O)Nc1ccncc1OC(=O)OC. The first-order valence-electron chi connectivity index (χ1n) is 4.67. The van der Waals surface area contributed by atoms with Crippen molar-refractivity contribution in [3.8, 4) is 5.75 Å². The molecule has 6 nitrogen and oxygen atoms in total. The lowest BCUT2D eigenvalue weighted by Crippen LogP contribution is -2.13. The molecule has 1 N–H and O–H groups in total. The molecule has 0 saturated heterocycles. The van der Waals surface area contributed by atoms with Gasteiger partial charge in [0.1, 0.15) is 0 Å². The molecule has 86 valence electrons. The van der Waals surface area contributed by atoms with E-state index in [0.717, 1.165) is 0 Å². The highest BCUT2D eigenvalue weighted by Crippen LogP contribution is 2.22. The van der Waals surface area contributed by atoms with Gasteiger partial charge < -0.3 is 14.8 Å². The summed E-state index contributed by atoms with van der Waals surface area (Å²) in [7, 11) is 1.20. The van der Waals surface area contributed by atoms with Crippen molar-refractivity contribution in [2.45, 2.75) is 13.3 Å². The molecule has 0 unspecified atom stereocenters. The molecule has 0 aromatic carbocycles. The van der Waals surface area contributed by atoms with Gasteiger partial charge in [0, 0.05) is 12.6 Å². The molecule has 0 aliphatic heterocycles. The van der Waals surface area contributed by atoms with Crippen LogP contribution in [0.25, 0.3) is 0 Å². The maximum Gasteiger partial charge on any atom is 0.513 e. The van der Waals surface area contributed by atoms with Crippen LogP contribution in [0.15, 0.2) is 18.5 Å². The predicted octanol–water partition coefficient (Wildman–Crippen LogP) is 1.58. The second-order valence-electron chi connectivity index (χ2n) is 2.83. The summed E-state index contributed by atoms with van der Waals surface area (Å²) in [6.07, 6.45) is 2.28. The van der Waals surface area contributed by atoms with Crippen molar-refractivity contribution in [1.29, 1.82) is 0 Å². The molecule has 1 heterocycles. The molecule has 6 heteroatoms. The number of pyridine rings is 1. The Kier molecular flexibility index (Phi) is 4.26. The molecule has 1 aromatic heterocycles. The third-order valence-electron chi connectivity index (χ3n) is 1.74. The van der Waals surface area contributed by atoms with Gasteiger partial charge in [-0.3, -0.25) is 9.78 Å². The number of nitrogens with one attached hydrogen (secondary N) is 1. The Bertz CT molecular complexity index is 355. The van der Waals surface area contributed by atoms with Crippen molar-refractivity contribution < 1.29 is 19.1 Å². The normalized spacial score (nSPS) is 9.38. The molecule has 1 amide bonds. The first kappa shape index (κ1) is 12.0. The standard InChI is InChI=1S/C10H12N2O4/c1-3-9(13)12-7-4-5-11-6-8(7)16-10(14)15-2/h4-6H,3H2,1-2H3,(H,11,12,13). The van der Waals surface area contributed by atoms with E-state index in [9.17, 15) is 9.59 Å². The fraction of sp³-hybridized carbons (Fsp3) is 0.300. The number of methoxy groups -OCH3 is 1. The van der Waals surface area contributed by atoms with Crippen LogP contribution in [0.1, 0.15) is 13.3 Å². The van der Waals surface area contributed by atoms with Crippen LogP contribution < -0.4 is 10.1 Å². The van der Waals surface area contributed by atoms with Gasteiger partial charge in [-0.1, -0.05) is 6.92 Å². The Morgan fingerprint density at radius 3 is 2.88 bits per heavy atom. The summed E-state index contributed by atoms with van der Waals surface area (Å²) in [5, 5.41) is 2.58. The van der Waals surface area contributed by atoms with Crippen molar-refractivity contribution >= 4 is 17.7 Å². The number of carbonyl (C=O) groups is 2. The number of hydrogen-bond donors (Lipinski definition) is 1. The zero-order valence-electron chi connectivity index (χ0n) is 9.02. The zero-order chi connectivity index (χ0) is 12.0. The van der Waals surface area contributed by atoms with Crippen molar-refractivity contribution in [2.75, 3.05) is 12.4 Å². The van der Waals surface area contributed by atoms with E-state index in [4.69, 9.17) is 4.74 Å². The summed E-state index contributed by atoms with van der Waals surface area (Å²) in [5.41, 5.74) is 0.382. The third-order valence-corrected chi connectivity index (χ3v) is 1.74. The third kappa shape index (κ3) is 3.23. The fourth-order valence-corrected chi connectivity index (χ4v) is 0.935. The van der Waals surface area contributed by atoms with Crippen LogP contribution in [0.2, 0.25) is 0 Å². The van der Waals surface area contributed by atoms with E-state index in [2.05, 4.69) is 15.0 Å². The highest BCUT2D eigenvalue weighted by Gasteiger charge is 2.10. The molecular formula is C10H12N2O4. The molecular weight excluding hydrogens is 212 g/mol. The van der Waals surface area contributed by atoms with Crippen LogP contribution in [0, 0.1) is 0 Å². The molecule has 1 aromatic rings. The van der Waals surface area contributed by atoms with Gasteiger partial charge in [0.25, 0.3) is 0 Å². The van der Waals surface area contributed by atoms with Crippen molar-refractivity contribution in [1.82, 2.24) is 4.98 Å². The van der Waals surface area contributed by atoms with Crippen LogP contribution in [-0.4, -0.2) is 24.2 Å². The van der Waals surface area contributed by atoms with Crippen LogP contribution in [0.5, 0.6) is 5.75 Å². The molecule has 0 atom stereocenters. The number of rotatable bonds is 3. The summed E-state index contributed by atoms with van der Waals surface area (Å²) in [4.78, 5) is 25.9. The van der Waals surface area contributed by atoms with Gasteiger partial charge in [-0.25, -0.2) is 4.79 Å². The number of carbonyl (C=O) groups excluding carboxylic acids is 2. The summed E-state index contributed by atoms with van der Waals surface area (Å²) in [6.45, 7) is 1.72. The molecule has 0 saturated carbocycles. The Labute approximate surface area is 92.6 Å². The van der Waals surface area contributed by atoms with Gasteiger partial charge in [-0.2, -0.15) is 0 Å². The lowest BCUT2D eigenvalue weighted by atomic mass is 10.3.